The summed E-state index contributed by atoms with van der Waals surface area (Å²) in [6.07, 6.45) is 3.41. The van der Waals surface area contributed by atoms with Gasteiger partial charge in [0.15, 0.2) is 0 Å². The number of halogens is 2. The van der Waals surface area contributed by atoms with Crippen LogP contribution in [0.25, 0.3) is 22.2 Å². The molecule has 0 bridgehead atoms. The van der Waals surface area contributed by atoms with E-state index in [1.54, 1.807) is 24.3 Å². The zero-order valence-corrected chi connectivity index (χ0v) is 17.6. The average molecular weight is 445 g/mol. The van der Waals surface area contributed by atoms with Crippen molar-refractivity contribution < 1.29 is 9.13 Å². The SMILES string of the molecule is Fc1cccc(COc2ccc(Nc3ncnc4ccc(-c5ccc[nH]5)cc34)cc2Cl)c1. The molecule has 0 unspecified atom stereocenters. The second-order valence-corrected chi connectivity index (χ2v) is 7.63. The van der Waals surface area contributed by atoms with E-state index in [0.29, 0.717) is 16.6 Å². The van der Waals surface area contributed by atoms with Gasteiger partial charge in [0.25, 0.3) is 0 Å². The van der Waals surface area contributed by atoms with Crippen molar-refractivity contribution >= 4 is 34.0 Å². The van der Waals surface area contributed by atoms with Crippen molar-refractivity contribution in [2.45, 2.75) is 6.61 Å². The summed E-state index contributed by atoms with van der Waals surface area (Å²) in [5.74, 6) is 0.893. The van der Waals surface area contributed by atoms with Crippen molar-refractivity contribution in [1.29, 1.82) is 0 Å². The Hall–Kier alpha value is -3.90. The number of fused-ring (bicyclic) bond motifs is 1. The standard InChI is InChI=1S/C25H18ClFN4O/c26-21-13-19(7-9-24(21)32-14-16-3-1-4-18(27)11-16)31-25-20-12-17(22-5-2-10-28-22)6-8-23(20)29-15-30-25/h1-13,15,28H,14H2,(H,29,30,31). The first-order valence-corrected chi connectivity index (χ1v) is 10.4. The van der Waals surface area contributed by atoms with E-state index in [1.165, 1.54) is 18.5 Å². The van der Waals surface area contributed by atoms with Gasteiger partial charge in [0.05, 0.1) is 10.5 Å². The first-order valence-electron chi connectivity index (χ1n) is 9.98. The van der Waals surface area contributed by atoms with Crippen LogP contribution in [-0.4, -0.2) is 15.0 Å². The Morgan fingerprint density at radius 1 is 0.969 bits per heavy atom. The number of anilines is 2. The smallest absolute Gasteiger partial charge is 0.141 e. The molecule has 3 aromatic carbocycles. The Kier molecular flexibility index (Phi) is 5.44. The summed E-state index contributed by atoms with van der Waals surface area (Å²) in [6, 6.07) is 21.7. The van der Waals surface area contributed by atoms with E-state index in [-0.39, 0.29) is 12.4 Å². The monoisotopic (exact) mass is 444 g/mol. The molecule has 0 aliphatic rings. The lowest BCUT2D eigenvalue weighted by Gasteiger charge is -2.12. The molecule has 5 aromatic rings. The van der Waals surface area contributed by atoms with E-state index in [0.717, 1.165) is 33.4 Å². The lowest BCUT2D eigenvalue weighted by molar-refractivity contribution is 0.306. The first-order chi connectivity index (χ1) is 15.7. The highest BCUT2D eigenvalue weighted by molar-refractivity contribution is 6.32. The van der Waals surface area contributed by atoms with E-state index >= 15 is 0 Å². The molecule has 0 saturated carbocycles. The third-order valence-corrected chi connectivity index (χ3v) is 5.32. The Morgan fingerprint density at radius 2 is 1.91 bits per heavy atom. The Bertz CT molecular complexity index is 1390. The number of nitrogens with one attached hydrogen (secondary N) is 2. The van der Waals surface area contributed by atoms with Crippen LogP contribution in [0.15, 0.2) is 85.3 Å². The first kappa shape index (κ1) is 20.0. The van der Waals surface area contributed by atoms with Gasteiger partial charge in [-0.3, -0.25) is 0 Å². The molecule has 0 amide bonds. The van der Waals surface area contributed by atoms with Crippen LogP contribution in [0, 0.1) is 5.82 Å². The van der Waals surface area contributed by atoms with Gasteiger partial charge in [-0.25, -0.2) is 14.4 Å². The van der Waals surface area contributed by atoms with Gasteiger partial charge in [-0.1, -0.05) is 29.8 Å². The molecule has 0 radical (unpaired) electrons. The minimum absolute atomic E-state index is 0.225. The van der Waals surface area contributed by atoms with Crippen LogP contribution in [0.2, 0.25) is 5.02 Å². The molecule has 2 N–H and O–H groups in total. The van der Waals surface area contributed by atoms with Crippen molar-refractivity contribution in [2.24, 2.45) is 0 Å². The van der Waals surface area contributed by atoms with Gasteiger partial charge in [-0.15, -0.1) is 0 Å². The fourth-order valence-corrected chi connectivity index (χ4v) is 3.69. The van der Waals surface area contributed by atoms with Gasteiger partial charge >= 0.3 is 0 Å². The molecule has 5 rings (SSSR count). The van der Waals surface area contributed by atoms with Crippen LogP contribution in [0.4, 0.5) is 15.9 Å². The normalized spacial score (nSPS) is 10.9. The van der Waals surface area contributed by atoms with Crippen LogP contribution >= 0.6 is 11.6 Å². The van der Waals surface area contributed by atoms with Gasteiger partial charge in [-0.2, -0.15) is 0 Å². The van der Waals surface area contributed by atoms with Gasteiger partial charge in [-0.05, 0) is 65.7 Å². The number of hydrogen-bond donors (Lipinski definition) is 2. The number of aromatic amines is 1. The topological polar surface area (TPSA) is 62.8 Å². The predicted octanol–water partition coefficient (Wildman–Crippen LogP) is 6.74. The van der Waals surface area contributed by atoms with Crippen molar-refractivity contribution in [3.05, 3.63) is 102 Å². The Labute approximate surface area is 188 Å². The minimum atomic E-state index is -0.298. The summed E-state index contributed by atoms with van der Waals surface area (Å²) in [7, 11) is 0. The molecule has 0 atom stereocenters. The molecule has 32 heavy (non-hydrogen) atoms. The van der Waals surface area contributed by atoms with Crippen molar-refractivity contribution in [3.8, 4) is 17.0 Å². The molecular weight excluding hydrogens is 427 g/mol. The summed E-state index contributed by atoms with van der Waals surface area (Å²) in [5.41, 5.74) is 4.38. The highest BCUT2D eigenvalue weighted by atomic mass is 35.5. The summed E-state index contributed by atoms with van der Waals surface area (Å²) in [4.78, 5) is 12.0. The van der Waals surface area contributed by atoms with Gasteiger partial charge in [0.1, 0.15) is 30.3 Å². The number of nitrogens with zero attached hydrogens (tertiary/aromatic N) is 2. The summed E-state index contributed by atoms with van der Waals surface area (Å²) >= 11 is 6.43. The minimum Gasteiger partial charge on any atom is -0.487 e. The highest BCUT2D eigenvalue weighted by Gasteiger charge is 2.09. The molecule has 7 heteroatoms. The average Bonchev–Trinajstić information content (AvgIpc) is 3.34. The highest BCUT2D eigenvalue weighted by Crippen LogP contribution is 2.32. The summed E-state index contributed by atoms with van der Waals surface area (Å²) in [5, 5.41) is 4.65. The number of H-pyrrole nitrogens is 1. The lowest BCUT2D eigenvalue weighted by atomic mass is 10.1. The number of ether oxygens (including phenoxy) is 1. The Morgan fingerprint density at radius 3 is 2.72 bits per heavy atom. The number of hydrogen-bond acceptors (Lipinski definition) is 4. The third-order valence-electron chi connectivity index (χ3n) is 5.02. The van der Waals surface area contributed by atoms with Gasteiger partial charge in [0, 0.05) is 23.0 Å². The van der Waals surface area contributed by atoms with E-state index < -0.39 is 0 Å². The number of benzene rings is 3. The summed E-state index contributed by atoms with van der Waals surface area (Å²) in [6.45, 7) is 0.225. The molecule has 5 nitrogen and oxygen atoms in total. The van der Waals surface area contributed by atoms with Crippen LogP contribution in [0.3, 0.4) is 0 Å². The van der Waals surface area contributed by atoms with Crippen LogP contribution in [0.1, 0.15) is 5.56 Å². The molecule has 2 heterocycles. The maximum absolute atomic E-state index is 13.3. The molecular formula is C25H18ClFN4O. The second-order valence-electron chi connectivity index (χ2n) is 7.23. The maximum atomic E-state index is 13.3. The van der Waals surface area contributed by atoms with E-state index in [2.05, 4.69) is 20.3 Å². The molecule has 0 saturated heterocycles. The molecule has 0 aliphatic heterocycles. The fraction of sp³-hybridized carbons (Fsp3) is 0.0400. The third kappa shape index (κ3) is 4.26. The maximum Gasteiger partial charge on any atom is 0.141 e. The molecule has 158 valence electrons. The van der Waals surface area contributed by atoms with Crippen molar-refractivity contribution in [2.75, 3.05) is 5.32 Å². The fourth-order valence-electron chi connectivity index (χ4n) is 3.45. The van der Waals surface area contributed by atoms with Crippen molar-refractivity contribution in [1.82, 2.24) is 15.0 Å². The molecule has 0 fully saturated rings. The largest absolute Gasteiger partial charge is 0.487 e. The van der Waals surface area contributed by atoms with Gasteiger partial charge < -0.3 is 15.0 Å². The zero-order valence-electron chi connectivity index (χ0n) is 16.8. The lowest BCUT2D eigenvalue weighted by Crippen LogP contribution is -1.99. The number of aromatic nitrogens is 3. The van der Waals surface area contributed by atoms with Crippen LogP contribution < -0.4 is 10.1 Å². The molecule has 0 aliphatic carbocycles. The van der Waals surface area contributed by atoms with Gasteiger partial charge in [0.2, 0.25) is 0 Å². The van der Waals surface area contributed by atoms with Crippen LogP contribution in [-0.2, 0) is 6.61 Å². The van der Waals surface area contributed by atoms with Crippen molar-refractivity contribution in [3.63, 3.8) is 0 Å². The zero-order chi connectivity index (χ0) is 21.9. The quantitative estimate of drug-likeness (QED) is 0.304. The summed E-state index contributed by atoms with van der Waals surface area (Å²) < 4.78 is 19.1. The predicted molar refractivity (Wildman–Crippen MR) is 125 cm³/mol. The van der Waals surface area contributed by atoms with E-state index in [9.17, 15) is 4.39 Å². The van der Waals surface area contributed by atoms with E-state index in [1.807, 2.05) is 42.6 Å². The van der Waals surface area contributed by atoms with E-state index in [4.69, 9.17) is 16.3 Å². The van der Waals surface area contributed by atoms with Crippen LogP contribution in [0.5, 0.6) is 5.75 Å². The molecule has 2 aromatic heterocycles. The number of rotatable bonds is 6. The second kappa shape index (κ2) is 8.69. The Balaban J connectivity index is 1.38. The molecule has 0 spiro atoms.